The first-order valence-corrected chi connectivity index (χ1v) is 7.56. The Morgan fingerprint density at radius 1 is 1.33 bits per heavy atom. The fourth-order valence-electron chi connectivity index (χ4n) is 2.96. The Morgan fingerprint density at radius 2 is 2.11 bits per heavy atom. The molecule has 2 rings (SSSR count). The minimum absolute atomic E-state index is 0.305. The lowest BCUT2D eigenvalue weighted by atomic mass is 9.96. The van der Waals surface area contributed by atoms with Crippen molar-refractivity contribution in [1.82, 2.24) is 10.2 Å². The second-order valence-corrected chi connectivity index (χ2v) is 6.35. The summed E-state index contributed by atoms with van der Waals surface area (Å²) >= 11 is 0. The van der Waals surface area contributed by atoms with Gasteiger partial charge in [-0.1, -0.05) is 6.42 Å². The van der Waals surface area contributed by atoms with Gasteiger partial charge in [0.05, 0.1) is 6.07 Å². The maximum atomic E-state index is 9.32. The van der Waals surface area contributed by atoms with Crippen LogP contribution in [0.2, 0.25) is 0 Å². The first-order valence-electron chi connectivity index (χ1n) is 7.56. The summed E-state index contributed by atoms with van der Waals surface area (Å²) in [5.41, 5.74) is -0.305. The van der Waals surface area contributed by atoms with E-state index in [0.717, 1.165) is 25.4 Å². The number of hydrogen-bond donors (Lipinski definition) is 1. The van der Waals surface area contributed by atoms with Gasteiger partial charge < -0.3 is 4.90 Å². The van der Waals surface area contributed by atoms with E-state index in [1.54, 1.807) is 0 Å². The second-order valence-electron chi connectivity index (χ2n) is 6.35. The summed E-state index contributed by atoms with van der Waals surface area (Å²) < 4.78 is 0. The van der Waals surface area contributed by atoms with Crippen LogP contribution in [0.3, 0.4) is 0 Å². The van der Waals surface area contributed by atoms with Crippen LogP contribution >= 0.6 is 0 Å². The van der Waals surface area contributed by atoms with Crippen molar-refractivity contribution in [3.8, 4) is 6.07 Å². The molecule has 0 bridgehead atoms. The van der Waals surface area contributed by atoms with Crippen molar-refractivity contribution >= 4 is 0 Å². The summed E-state index contributed by atoms with van der Waals surface area (Å²) in [7, 11) is 0. The van der Waals surface area contributed by atoms with Gasteiger partial charge in [0.2, 0.25) is 0 Å². The fraction of sp³-hybridized carbons (Fsp3) is 0.933. The van der Waals surface area contributed by atoms with Crippen molar-refractivity contribution in [3.05, 3.63) is 0 Å². The van der Waals surface area contributed by atoms with Crippen LogP contribution in [0.15, 0.2) is 0 Å². The molecule has 3 heteroatoms. The molecule has 1 aliphatic heterocycles. The van der Waals surface area contributed by atoms with Crippen LogP contribution in [0.25, 0.3) is 0 Å². The van der Waals surface area contributed by atoms with Crippen molar-refractivity contribution in [3.63, 3.8) is 0 Å². The normalized spacial score (nSPS) is 28.6. The average Bonchev–Trinajstić information content (AvgIpc) is 3.15. The van der Waals surface area contributed by atoms with Gasteiger partial charge in [-0.15, -0.1) is 0 Å². The molecule has 2 aliphatic rings. The summed E-state index contributed by atoms with van der Waals surface area (Å²) in [6.45, 7) is 6.81. The molecule has 2 unspecified atom stereocenters. The van der Waals surface area contributed by atoms with Gasteiger partial charge in [0.15, 0.2) is 0 Å². The van der Waals surface area contributed by atoms with Crippen molar-refractivity contribution in [2.24, 2.45) is 0 Å². The van der Waals surface area contributed by atoms with Crippen molar-refractivity contribution in [2.45, 2.75) is 76.4 Å². The lowest BCUT2D eigenvalue weighted by molar-refractivity contribution is 0.154. The van der Waals surface area contributed by atoms with E-state index in [1.165, 1.54) is 38.6 Å². The molecule has 2 atom stereocenters. The molecule has 1 saturated heterocycles. The van der Waals surface area contributed by atoms with Gasteiger partial charge in [-0.2, -0.15) is 5.26 Å². The Bertz CT molecular complexity index is 305. The molecule has 2 fully saturated rings. The molecule has 102 valence electrons. The van der Waals surface area contributed by atoms with E-state index in [0.29, 0.717) is 6.04 Å². The number of nitriles is 1. The molecule has 1 saturated carbocycles. The highest BCUT2D eigenvalue weighted by molar-refractivity contribution is 5.07. The van der Waals surface area contributed by atoms with Crippen molar-refractivity contribution < 1.29 is 0 Å². The van der Waals surface area contributed by atoms with Crippen LogP contribution in [-0.2, 0) is 0 Å². The number of likely N-dealkylation sites (tertiary alicyclic amines) is 1. The molecule has 0 spiro atoms. The van der Waals surface area contributed by atoms with Crippen LogP contribution in [0.4, 0.5) is 0 Å². The van der Waals surface area contributed by atoms with Crippen molar-refractivity contribution in [2.75, 3.05) is 13.1 Å². The van der Waals surface area contributed by atoms with Gasteiger partial charge in [-0.25, -0.2) is 0 Å². The maximum absolute atomic E-state index is 9.32. The van der Waals surface area contributed by atoms with E-state index in [2.05, 4.69) is 30.1 Å². The topological polar surface area (TPSA) is 39.1 Å². The largest absolute Gasteiger partial charge is 0.301 e. The lowest BCUT2D eigenvalue weighted by Gasteiger charge is -2.34. The standard InChI is InChI=1S/C15H27N3/c1-13-6-3-4-10-18(13)11-5-9-15(2,12-16)17-14-7-8-14/h13-14,17H,3-11H2,1-2H3. The second kappa shape index (κ2) is 6.04. The summed E-state index contributed by atoms with van der Waals surface area (Å²) in [4.78, 5) is 2.60. The van der Waals surface area contributed by atoms with Gasteiger partial charge >= 0.3 is 0 Å². The third-order valence-electron chi connectivity index (χ3n) is 4.41. The van der Waals surface area contributed by atoms with Gasteiger partial charge in [0.25, 0.3) is 0 Å². The number of piperidine rings is 1. The minimum Gasteiger partial charge on any atom is -0.301 e. The predicted molar refractivity (Wildman–Crippen MR) is 74.3 cm³/mol. The van der Waals surface area contributed by atoms with E-state index >= 15 is 0 Å². The molecule has 0 aromatic rings. The zero-order chi connectivity index (χ0) is 13.0. The molecule has 1 N–H and O–H groups in total. The number of hydrogen-bond acceptors (Lipinski definition) is 3. The minimum atomic E-state index is -0.305. The Kier molecular flexibility index (Phi) is 4.64. The summed E-state index contributed by atoms with van der Waals surface area (Å²) in [6.07, 6.45) is 8.69. The molecule has 0 aromatic heterocycles. The fourth-order valence-corrected chi connectivity index (χ4v) is 2.96. The van der Waals surface area contributed by atoms with Crippen LogP contribution < -0.4 is 5.32 Å². The quantitative estimate of drug-likeness (QED) is 0.786. The third kappa shape index (κ3) is 3.96. The van der Waals surface area contributed by atoms with Crippen LogP contribution in [0, 0.1) is 11.3 Å². The molecular formula is C15H27N3. The van der Waals surface area contributed by atoms with Crippen LogP contribution in [-0.4, -0.2) is 35.6 Å². The molecule has 18 heavy (non-hydrogen) atoms. The summed E-state index contributed by atoms with van der Waals surface area (Å²) in [5.74, 6) is 0. The maximum Gasteiger partial charge on any atom is 0.104 e. The number of nitrogens with one attached hydrogen (secondary N) is 1. The predicted octanol–water partition coefficient (Wildman–Crippen LogP) is 2.68. The van der Waals surface area contributed by atoms with E-state index in [1.807, 2.05) is 0 Å². The Hall–Kier alpha value is -0.590. The SMILES string of the molecule is CC1CCCCN1CCCC(C)(C#N)NC1CC1. The molecule has 1 aliphatic carbocycles. The zero-order valence-corrected chi connectivity index (χ0v) is 11.9. The Labute approximate surface area is 112 Å². The highest BCUT2D eigenvalue weighted by Crippen LogP contribution is 2.25. The highest BCUT2D eigenvalue weighted by atomic mass is 15.2. The molecule has 3 nitrogen and oxygen atoms in total. The monoisotopic (exact) mass is 249 g/mol. The van der Waals surface area contributed by atoms with Gasteiger partial charge in [0.1, 0.15) is 5.54 Å². The van der Waals surface area contributed by atoms with E-state index in [-0.39, 0.29) is 5.54 Å². The Morgan fingerprint density at radius 3 is 2.72 bits per heavy atom. The van der Waals surface area contributed by atoms with E-state index in [4.69, 9.17) is 0 Å². The molecule has 1 heterocycles. The number of rotatable bonds is 6. The molecule has 0 amide bonds. The smallest absolute Gasteiger partial charge is 0.104 e. The zero-order valence-electron chi connectivity index (χ0n) is 11.9. The third-order valence-corrected chi connectivity index (χ3v) is 4.41. The van der Waals surface area contributed by atoms with Crippen LogP contribution in [0.5, 0.6) is 0 Å². The first kappa shape index (κ1) is 13.8. The average molecular weight is 249 g/mol. The Balaban J connectivity index is 1.70. The molecule has 0 aromatic carbocycles. The first-order chi connectivity index (χ1) is 8.63. The van der Waals surface area contributed by atoms with Crippen molar-refractivity contribution in [1.29, 1.82) is 5.26 Å². The van der Waals surface area contributed by atoms with Gasteiger partial charge in [-0.3, -0.25) is 5.32 Å². The van der Waals surface area contributed by atoms with E-state index in [9.17, 15) is 5.26 Å². The molecular weight excluding hydrogens is 222 g/mol. The van der Waals surface area contributed by atoms with Gasteiger partial charge in [-0.05, 0) is 65.5 Å². The highest BCUT2D eigenvalue weighted by Gasteiger charge is 2.32. The van der Waals surface area contributed by atoms with E-state index < -0.39 is 0 Å². The lowest BCUT2D eigenvalue weighted by Crippen LogP contribution is -2.44. The number of nitrogens with zero attached hydrogens (tertiary/aromatic N) is 2. The summed E-state index contributed by atoms with van der Waals surface area (Å²) in [6, 6.07) is 3.82. The summed E-state index contributed by atoms with van der Waals surface area (Å²) in [5, 5.41) is 12.8. The van der Waals surface area contributed by atoms with Gasteiger partial charge in [0, 0.05) is 12.1 Å². The van der Waals surface area contributed by atoms with Crippen LogP contribution in [0.1, 0.15) is 58.8 Å². The molecule has 0 radical (unpaired) electrons.